The van der Waals surface area contributed by atoms with Gasteiger partial charge in [-0.25, -0.2) is 0 Å². The molecule has 0 aliphatic heterocycles. The molecule has 0 aromatic heterocycles. The average molecular weight is 275 g/mol. The zero-order valence-corrected chi connectivity index (χ0v) is 13.6. The van der Waals surface area contributed by atoms with Crippen molar-refractivity contribution in [2.45, 2.75) is 47.5 Å². The number of aryl methyl sites for hydroxylation is 2. The molecule has 1 aromatic rings. The van der Waals surface area contributed by atoms with Crippen LogP contribution >= 0.6 is 0 Å². The predicted octanol–water partition coefficient (Wildman–Crippen LogP) is 3.97. The van der Waals surface area contributed by atoms with Gasteiger partial charge in [-0.1, -0.05) is 52.0 Å². The fourth-order valence-corrected chi connectivity index (χ4v) is 2.70. The minimum absolute atomic E-state index is 0.166. The molecule has 0 heterocycles. The van der Waals surface area contributed by atoms with E-state index in [-0.39, 0.29) is 5.91 Å². The summed E-state index contributed by atoms with van der Waals surface area (Å²) in [5, 5.41) is 3.10. The van der Waals surface area contributed by atoms with E-state index in [0.717, 1.165) is 13.0 Å². The fourth-order valence-electron chi connectivity index (χ4n) is 2.70. The molecule has 112 valence electrons. The Balaban J connectivity index is 2.39. The Labute approximate surface area is 124 Å². The maximum Gasteiger partial charge on any atom is 0.220 e. The minimum Gasteiger partial charge on any atom is -0.356 e. The van der Waals surface area contributed by atoms with E-state index >= 15 is 0 Å². The molecule has 0 aliphatic carbocycles. The third-order valence-electron chi connectivity index (χ3n) is 4.13. The average Bonchev–Trinajstić information content (AvgIpc) is 2.37. The van der Waals surface area contributed by atoms with Crippen LogP contribution in [0.4, 0.5) is 0 Å². The molecule has 0 radical (unpaired) electrons. The normalized spacial score (nSPS) is 11.4. The largest absolute Gasteiger partial charge is 0.356 e. The first-order chi connectivity index (χ1) is 9.41. The molecule has 0 bridgehead atoms. The van der Waals surface area contributed by atoms with Gasteiger partial charge in [0.25, 0.3) is 0 Å². The summed E-state index contributed by atoms with van der Waals surface area (Å²) in [6.45, 7) is 11.8. The number of hydrogen-bond donors (Lipinski definition) is 1. The van der Waals surface area contributed by atoms with Crippen LogP contribution in [0, 0.1) is 24.7 Å². The van der Waals surface area contributed by atoms with Crippen LogP contribution < -0.4 is 5.32 Å². The number of hydrogen-bond acceptors (Lipinski definition) is 1. The molecular formula is C18H29NO. The van der Waals surface area contributed by atoms with Gasteiger partial charge in [0.15, 0.2) is 0 Å². The first kappa shape index (κ1) is 16.7. The minimum atomic E-state index is 0.166. The molecule has 0 saturated heterocycles. The van der Waals surface area contributed by atoms with Crippen molar-refractivity contribution in [1.29, 1.82) is 0 Å². The van der Waals surface area contributed by atoms with Crippen LogP contribution in [0.2, 0.25) is 0 Å². The molecule has 1 amide bonds. The van der Waals surface area contributed by atoms with Crippen LogP contribution in [0.1, 0.15) is 45.2 Å². The van der Waals surface area contributed by atoms with Crippen LogP contribution in [0.15, 0.2) is 24.3 Å². The molecule has 2 nitrogen and oxygen atoms in total. The highest BCUT2D eigenvalue weighted by molar-refractivity contribution is 5.76. The highest BCUT2D eigenvalue weighted by atomic mass is 16.1. The van der Waals surface area contributed by atoms with E-state index in [9.17, 15) is 4.79 Å². The maximum absolute atomic E-state index is 12.0. The molecular weight excluding hydrogens is 246 g/mol. The predicted molar refractivity (Wildman–Crippen MR) is 85.7 cm³/mol. The summed E-state index contributed by atoms with van der Waals surface area (Å²) >= 11 is 0. The molecule has 0 fully saturated rings. The van der Waals surface area contributed by atoms with Crippen LogP contribution in [0.5, 0.6) is 0 Å². The van der Waals surface area contributed by atoms with Crippen molar-refractivity contribution in [2.75, 3.05) is 6.54 Å². The maximum atomic E-state index is 12.0. The molecule has 0 saturated carbocycles. The molecule has 0 atom stereocenters. The molecule has 1 aromatic carbocycles. The Kier molecular flexibility index (Phi) is 6.77. The Morgan fingerprint density at radius 1 is 1.10 bits per heavy atom. The summed E-state index contributed by atoms with van der Waals surface area (Å²) in [5.41, 5.74) is 2.54. The number of rotatable bonds is 7. The second kappa shape index (κ2) is 8.08. The standard InChI is InChI=1S/C18H29NO/c1-13(2)17(14(3)4)12-19-18(20)11-10-16-9-7-6-8-15(16)5/h6-9,13-14,17H,10-12H2,1-5H3,(H,19,20). The third kappa shape index (κ3) is 5.36. The lowest BCUT2D eigenvalue weighted by Crippen LogP contribution is -2.34. The topological polar surface area (TPSA) is 29.1 Å². The van der Waals surface area contributed by atoms with Gasteiger partial charge in [0.05, 0.1) is 0 Å². The number of amides is 1. The van der Waals surface area contributed by atoms with Crippen LogP contribution in [-0.4, -0.2) is 12.5 Å². The van der Waals surface area contributed by atoms with Crippen molar-refractivity contribution in [3.8, 4) is 0 Å². The first-order valence-corrected chi connectivity index (χ1v) is 7.73. The van der Waals surface area contributed by atoms with Gasteiger partial charge < -0.3 is 5.32 Å². The van der Waals surface area contributed by atoms with E-state index in [2.05, 4.69) is 52.1 Å². The lowest BCUT2D eigenvalue weighted by Gasteiger charge is -2.25. The van der Waals surface area contributed by atoms with Crippen molar-refractivity contribution < 1.29 is 4.79 Å². The quantitative estimate of drug-likeness (QED) is 0.801. The Morgan fingerprint density at radius 3 is 2.25 bits per heavy atom. The smallest absolute Gasteiger partial charge is 0.220 e. The molecule has 0 aliphatic rings. The zero-order valence-electron chi connectivity index (χ0n) is 13.6. The SMILES string of the molecule is Cc1ccccc1CCC(=O)NCC(C(C)C)C(C)C. The second-order valence-electron chi connectivity index (χ2n) is 6.38. The Hall–Kier alpha value is -1.31. The van der Waals surface area contributed by atoms with E-state index in [0.29, 0.717) is 24.2 Å². The van der Waals surface area contributed by atoms with Gasteiger partial charge in [-0.15, -0.1) is 0 Å². The molecule has 1 rings (SSSR count). The van der Waals surface area contributed by atoms with Crippen molar-refractivity contribution >= 4 is 5.91 Å². The lowest BCUT2D eigenvalue weighted by molar-refractivity contribution is -0.121. The van der Waals surface area contributed by atoms with Crippen LogP contribution in [-0.2, 0) is 11.2 Å². The first-order valence-electron chi connectivity index (χ1n) is 7.73. The molecule has 0 spiro atoms. The summed E-state index contributed by atoms with van der Waals surface area (Å²) in [7, 11) is 0. The van der Waals surface area contributed by atoms with Gasteiger partial charge in [0.1, 0.15) is 0 Å². The van der Waals surface area contributed by atoms with Gasteiger partial charge in [-0.05, 0) is 42.2 Å². The molecule has 20 heavy (non-hydrogen) atoms. The monoisotopic (exact) mass is 275 g/mol. The highest BCUT2D eigenvalue weighted by Gasteiger charge is 2.18. The van der Waals surface area contributed by atoms with Crippen molar-refractivity contribution in [3.05, 3.63) is 35.4 Å². The van der Waals surface area contributed by atoms with Crippen LogP contribution in [0.25, 0.3) is 0 Å². The van der Waals surface area contributed by atoms with Crippen molar-refractivity contribution in [1.82, 2.24) is 5.32 Å². The summed E-state index contributed by atoms with van der Waals surface area (Å²) < 4.78 is 0. The summed E-state index contributed by atoms with van der Waals surface area (Å²) in [6, 6.07) is 8.27. The Bertz CT molecular complexity index is 415. The number of carbonyl (C=O) groups is 1. The number of carbonyl (C=O) groups excluding carboxylic acids is 1. The van der Waals surface area contributed by atoms with Crippen LogP contribution in [0.3, 0.4) is 0 Å². The Morgan fingerprint density at radius 2 is 1.70 bits per heavy atom. The van der Waals surface area contributed by atoms with Crippen molar-refractivity contribution in [2.24, 2.45) is 17.8 Å². The second-order valence-corrected chi connectivity index (χ2v) is 6.38. The van der Waals surface area contributed by atoms with Gasteiger partial charge in [-0.3, -0.25) is 4.79 Å². The highest BCUT2D eigenvalue weighted by Crippen LogP contribution is 2.19. The van der Waals surface area contributed by atoms with E-state index in [1.54, 1.807) is 0 Å². The number of benzene rings is 1. The summed E-state index contributed by atoms with van der Waals surface area (Å²) in [5.74, 6) is 1.93. The van der Waals surface area contributed by atoms with Gasteiger partial charge in [-0.2, -0.15) is 0 Å². The lowest BCUT2D eigenvalue weighted by atomic mass is 9.85. The fraction of sp³-hybridized carbons (Fsp3) is 0.611. The van der Waals surface area contributed by atoms with Gasteiger partial charge >= 0.3 is 0 Å². The summed E-state index contributed by atoms with van der Waals surface area (Å²) in [4.78, 5) is 12.0. The van der Waals surface area contributed by atoms with E-state index in [1.165, 1.54) is 11.1 Å². The molecule has 2 heteroatoms. The number of nitrogens with one attached hydrogen (secondary N) is 1. The van der Waals surface area contributed by atoms with Gasteiger partial charge in [0.2, 0.25) is 5.91 Å². The van der Waals surface area contributed by atoms with E-state index < -0.39 is 0 Å². The van der Waals surface area contributed by atoms with Crippen molar-refractivity contribution in [3.63, 3.8) is 0 Å². The molecule has 0 unspecified atom stereocenters. The van der Waals surface area contributed by atoms with E-state index in [4.69, 9.17) is 0 Å². The zero-order chi connectivity index (χ0) is 15.1. The summed E-state index contributed by atoms with van der Waals surface area (Å²) in [6.07, 6.45) is 1.40. The molecule has 1 N–H and O–H groups in total. The van der Waals surface area contributed by atoms with Gasteiger partial charge in [0, 0.05) is 13.0 Å². The van der Waals surface area contributed by atoms with E-state index in [1.807, 2.05) is 12.1 Å². The third-order valence-corrected chi connectivity index (χ3v) is 4.13.